The molecule has 220 valence electrons. The number of Topliss-reactive ketones (excluding diaryl/α,β-unsaturated/α-hetero) is 1. The third-order valence-electron chi connectivity index (χ3n) is 7.35. The first-order valence-corrected chi connectivity index (χ1v) is 13.8. The Labute approximate surface area is 242 Å². The second-order valence-corrected chi connectivity index (χ2v) is 10.3. The minimum absolute atomic E-state index is 0.0625. The van der Waals surface area contributed by atoms with Gasteiger partial charge in [0.2, 0.25) is 0 Å². The number of hydrogen-bond donors (Lipinski definition) is 0. The van der Waals surface area contributed by atoms with Crippen molar-refractivity contribution < 1.29 is 22.7 Å². The molecular formula is C30H32F3N7O2. The summed E-state index contributed by atoms with van der Waals surface area (Å²) in [5.41, 5.74) is 3.23. The SMILES string of the molecule is CCCN1CCN(c2cncc(-c3cn(-c4cc(CC(=O)c5ccc(OC)c(C(F)(F)F)c5)cnc4C)nn3)c2)CC1. The highest BCUT2D eigenvalue weighted by Crippen LogP contribution is 2.37. The Balaban J connectivity index is 1.33. The summed E-state index contributed by atoms with van der Waals surface area (Å²) in [5, 5.41) is 8.63. The average Bonchev–Trinajstić information content (AvgIpc) is 3.48. The number of hydrogen-bond acceptors (Lipinski definition) is 8. The molecule has 5 rings (SSSR count). The maximum absolute atomic E-state index is 13.4. The number of benzene rings is 1. The fraction of sp³-hybridized carbons (Fsp3) is 0.367. The van der Waals surface area contributed by atoms with Crippen LogP contribution in [0.1, 0.15) is 40.5 Å². The maximum atomic E-state index is 13.4. The third-order valence-corrected chi connectivity index (χ3v) is 7.35. The summed E-state index contributed by atoms with van der Waals surface area (Å²) in [4.78, 5) is 26.6. The normalized spacial score (nSPS) is 14.3. The van der Waals surface area contributed by atoms with Crippen molar-refractivity contribution in [2.24, 2.45) is 0 Å². The van der Waals surface area contributed by atoms with Gasteiger partial charge in [0, 0.05) is 56.1 Å². The summed E-state index contributed by atoms with van der Waals surface area (Å²) in [7, 11) is 1.16. The average molecular weight is 580 g/mol. The van der Waals surface area contributed by atoms with E-state index in [1.807, 2.05) is 13.1 Å². The molecule has 1 fully saturated rings. The molecule has 4 aromatic rings. The number of halogens is 3. The molecule has 0 saturated carbocycles. The molecule has 1 aliphatic heterocycles. The molecule has 0 unspecified atom stereocenters. The first kappa shape index (κ1) is 29.2. The number of alkyl halides is 3. The number of aromatic nitrogens is 5. The first-order valence-electron chi connectivity index (χ1n) is 13.8. The van der Waals surface area contributed by atoms with Gasteiger partial charge < -0.3 is 9.64 Å². The zero-order chi connectivity index (χ0) is 29.9. The predicted octanol–water partition coefficient (Wildman–Crippen LogP) is 5.02. The Bertz CT molecular complexity index is 1560. The van der Waals surface area contributed by atoms with E-state index in [1.54, 1.807) is 23.1 Å². The van der Waals surface area contributed by atoms with E-state index in [4.69, 9.17) is 4.74 Å². The number of pyridine rings is 2. The first-order chi connectivity index (χ1) is 20.2. The molecule has 12 heteroatoms. The van der Waals surface area contributed by atoms with Crippen molar-refractivity contribution in [2.45, 2.75) is 32.9 Å². The lowest BCUT2D eigenvalue weighted by Gasteiger charge is -2.35. The number of ketones is 1. The third kappa shape index (κ3) is 6.43. The van der Waals surface area contributed by atoms with Gasteiger partial charge in [0.05, 0.1) is 42.1 Å². The number of anilines is 1. The molecule has 3 aromatic heterocycles. The molecule has 0 radical (unpaired) electrons. The number of aryl methyl sites for hydroxylation is 1. The van der Waals surface area contributed by atoms with E-state index in [0.29, 0.717) is 22.6 Å². The van der Waals surface area contributed by atoms with Crippen LogP contribution < -0.4 is 9.64 Å². The molecule has 1 aliphatic rings. The molecular weight excluding hydrogens is 547 g/mol. The van der Waals surface area contributed by atoms with Crippen LogP contribution in [0.2, 0.25) is 0 Å². The van der Waals surface area contributed by atoms with Gasteiger partial charge >= 0.3 is 6.18 Å². The van der Waals surface area contributed by atoms with Crippen molar-refractivity contribution in [3.63, 3.8) is 0 Å². The minimum Gasteiger partial charge on any atom is -0.496 e. The Morgan fingerprint density at radius 3 is 2.55 bits per heavy atom. The Morgan fingerprint density at radius 1 is 1.05 bits per heavy atom. The Kier molecular flexibility index (Phi) is 8.53. The smallest absolute Gasteiger partial charge is 0.419 e. The Hall–Kier alpha value is -4.32. The number of piperazine rings is 1. The summed E-state index contributed by atoms with van der Waals surface area (Å²) >= 11 is 0. The van der Waals surface area contributed by atoms with Gasteiger partial charge in [0.1, 0.15) is 11.4 Å². The second-order valence-electron chi connectivity index (χ2n) is 10.3. The quantitative estimate of drug-likeness (QED) is 0.256. The van der Waals surface area contributed by atoms with Gasteiger partial charge in [-0.25, -0.2) is 4.68 Å². The van der Waals surface area contributed by atoms with E-state index in [1.165, 1.54) is 12.3 Å². The van der Waals surface area contributed by atoms with Crippen molar-refractivity contribution in [1.82, 2.24) is 29.9 Å². The highest BCUT2D eigenvalue weighted by Gasteiger charge is 2.35. The lowest BCUT2D eigenvalue weighted by molar-refractivity contribution is -0.138. The zero-order valence-electron chi connectivity index (χ0n) is 23.7. The molecule has 0 atom stereocenters. The standard InChI is InChI=1S/C30H32F3N7O2/c1-4-7-38-8-10-39(11-9-38)24-14-23(17-34-18-24)26-19-40(37-36-26)27-12-21(16-35-20(27)2)13-28(41)22-5-6-29(42-3)25(15-22)30(31,32)33/h5-6,12,14-19H,4,7-11,13H2,1-3H3. The molecule has 0 N–H and O–H groups in total. The fourth-order valence-corrected chi connectivity index (χ4v) is 5.08. The van der Waals surface area contributed by atoms with Crippen LogP contribution in [0.3, 0.4) is 0 Å². The molecule has 1 aromatic carbocycles. The molecule has 1 saturated heterocycles. The van der Waals surface area contributed by atoms with Crippen LogP contribution in [0.5, 0.6) is 5.75 Å². The summed E-state index contributed by atoms with van der Waals surface area (Å²) in [5.74, 6) is -0.812. The lowest BCUT2D eigenvalue weighted by Crippen LogP contribution is -2.46. The van der Waals surface area contributed by atoms with Crippen molar-refractivity contribution in [3.05, 3.63) is 77.5 Å². The van der Waals surface area contributed by atoms with E-state index in [0.717, 1.165) is 69.6 Å². The van der Waals surface area contributed by atoms with Crippen LogP contribution in [0.4, 0.5) is 18.9 Å². The van der Waals surface area contributed by atoms with Crippen LogP contribution in [0.15, 0.2) is 55.1 Å². The fourth-order valence-electron chi connectivity index (χ4n) is 5.08. The minimum atomic E-state index is -4.65. The summed E-state index contributed by atoms with van der Waals surface area (Å²) in [6.07, 6.45) is 3.28. The van der Waals surface area contributed by atoms with Gasteiger partial charge in [0.15, 0.2) is 5.78 Å². The van der Waals surface area contributed by atoms with Gasteiger partial charge in [-0.05, 0) is 55.8 Å². The molecule has 0 spiro atoms. The topological polar surface area (TPSA) is 89.3 Å². The van der Waals surface area contributed by atoms with E-state index in [9.17, 15) is 18.0 Å². The zero-order valence-corrected chi connectivity index (χ0v) is 23.7. The molecule has 0 amide bonds. The summed E-state index contributed by atoms with van der Waals surface area (Å²) < 4.78 is 46.7. The van der Waals surface area contributed by atoms with Crippen molar-refractivity contribution in [3.8, 4) is 22.7 Å². The lowest BCUT2D eigenvalue weighted by atomic mass is 10.0. The van der Waals surface area contributed by atoms with E-state index in [-0.39, 0.29) is 17.7 Å². The van der Waals surface area contributed by atoms with Gasteiger partial charge in [-0.3, -0.25) is 19.7 Å². The molecule has 0 aliphatic carbocycles. The number of nitrogens with zero attached hydrogens (tertiary/aromatic N) is 7. The van der Waals surface area contributed by atoms with Crippen molar-refractivity contribution in [2.75, 3.05) is 44.7 Å². The van der Waals surface area contributed by atoms with E-state index < -0.39 is 17.5 Å². The number of methoxy groups -OCH3 is 1. The maximum Gasteiger partial charge on any atom is 0.419 e. The molecule has 9 nitrogen and oxygen atoms in total. The van der Waals surface area contributed by atoms with Crippen LogP contribution in [-0.4, -0.2) is 75.5 Å². The second kappa shape index (κ2) is 12.3. The number of rotatable bonds is 9. The van der Waals surface area contributed by atoms with Crippen molar-refractivity contribution >= 4 is 11.5 Å². The molecule has 42 heavy (non-hydrogen) atoms. The Morgan fingerprint density at radius 2 is 1.83 bits per heavy atom. The molecule has 0 bridgehead atoms. The largest absolute Gasteiger partial charge is 0.496 e. The van der Waals surface area contributed by atoms with Gasteiger partial charge in [-0.15, -0.1) is 5.10 Å². The van der Waals surface area contributed by atoms with Gasteiger partial charge in [-0.1, -0.05) is 12.1 Å². The van der Waals surface area contributed by atoms with Gasteiger partial charge in [-0.2, -0.15) is 13.2 Å². The highest BCUT2D eigenvalue weighted by atomic mass is 19.4. The highest BCUT2D eigenvalue weighted by molar-refractivity contribution is 5.98. The molecule has 4 heterocycles. The monoisotopic (exact) mass is 579 g/mol. The van der Waals surface area contributed by atoms with Crippen LogP contribution in [-0.2, 0) is 12.6 Å². The number of carbonyl (C=O) groups is 1. The van der Waals surface area contributed by atoms with Crippen molar-refractivity contribution in [1.29, 1.82) is 0 Å². The number of ether oxygens (including phenoxy) is 1. The summed E-state index contributed by atoms with van der Waals surface area (Å²) in [6.45, 7) is 9.01. The predicted molar refractivity (Wildman–Crippen MR) is 152 cm³/mol. The van der Waals surface area contributed by atoms with Crippen LogP contribution in [0, 0.1) is 6.92 Å². The number of carbonyl (C=O) groups excluding carboxylic acids is 1. The summed E-state index contributed by atoms with van der Waals surface area (Å²) in [6, 6.07) is 7.11. The van der Waals surface area contributed by atoms with E-state index in [2.05, 4.69) is 43.1 Å². The van der Waals surface area contributed by atoms with Crippen LogP contribution in [0.25, 0.3) is 16.9 Å². The van der Waals surface area contributed by atoms with Crippen LogP contribution >= 0.6 is 0 Å². The van der Waals surface area contributed by atoms with Gasteiger partial charge in [0.25, 0.3) is 0 Å². The van der Waals surface area contributed by atoms with E-state index >= 15 is 0 Å².